The van der Waals surface area contributed by atoms with Crippen LogP contribution in [0.5, 0.6) is 0 Å². The van der Waals surface area contributed by atoms with Gasteiger partial charge in [-0.1, -0.05) is 6.07 Å². The van der Waals surface area contributed by atoms with Crippen LogP contribution >= 0.6 is 11.3 Å². The fourth-order valence-corrected chi connectivity index (χ4v) is 3.79. The Bertz CT molecular complexity index is 627. The Morgan fingerprint density at radius 3 is 2.67 bits per heavy atom. The molecule has 0 aromatic carbocycles. The van der Waals surface area contributed by atoms with Crippen molar-refractivity contribution in [3.05, 3.63) is 22.4 Å². The zero-order valence-corrected chi connectivity index (χ0v) is 15.6. The van der Waals surface area contributed by atoms with Crippen LogP contribution < -0.4 is 5.32 Å². The highest BCUT2D eigenvalue weighted by molar-refractivity contribution is 7.09. The third kappa shape index (κ3) is 6.45. The lowest BCUT2D eigenvalue weighted by molar-refractivity contribution is -0.192. The Labute approximate surface area is 158 Å². The van der Waals surface area contributed by atoms with E-state index in [1.54, 1.807) is 18.4 Å². The lowest BCUT2D eigenvalue weighted by Gasteiger charge is -2.36. The number of fused-ring (bicyclic) bond motifs is 1. The van der Waals surface area contributed by atoms with Crippen molar-refractivity contribution in [1.82, 2.24) is 15.1 Å². The second-order valence-corrected chi connectivity index (χ2v) is 7.23. The zero-order chi connectivity index (χ0) is 20.0. The minimum Gasteiger partial charge on any atom is -0.475 e. The molecule has 1 amide bonds. The van der Waals surface area contributed by atoms with Crippen molar-refractivity contribution in [3.63, 3.8) is 0 Å². The summed E-state index contributed by atoms with van der Waals surface area (Å²) in [6.07, 6.45) is -4.84. The van der Waals surface area contributed by atoms with Crippen molar-refractivity contribution >= 4 is 23.2 Å². The Kier molecular flexibility index (Phi) is 7.59. The number of likely N-dealkylation sites (N-methyl/N-ethyl adjacent to an activating group) is 1. The summed E-state index contributed by atoms with van der Waals surface area (Å²) in [5.74, 6) is -2.67. The van der Waals surface area contributed by atoms with E-state index in [1.165, 1.54) is 4.88 Å². The number of ether oxygens (including phenoxy) is 1. The molecule has 11 heteroatoms. The van der Waals surface area contributed by atoms with Crippen molar-refractivity contribution in [2.24, 2.45) is 0 Å². The van der Waals surface area contributed by atoms with Crippen molar-refractivity contribution in [1.29, 1.82) is 0 Å². The number of thiophene rings is 1. The number of alkyl halides is 3. The number of carboxylic acid groups (broad SMARTS) is 1. The fraction of sp³-hybridized carbons (Fsp3) is 0.625. The van der Waals surface area contributed by atoms with Gasteiger partial charge in [0, 0.05) is 38.1 Å². The van der Waals surface area contributed by atoms with Crippen LogP contribution in [0.2, 0.25) is 0 Å². The van der Waals surface area contributed by atoms with Crippen LogP contribution in [-0.2, 0) is 20.9 Å². The molecule has 0 radical (unpaired) electrons. The predicted octanol–water partition coefficient (Wildman–Crippen LogP) is 1.01. The maximum Gasteiger partial charge on any atom is 0.490 e. The molecule has 0 bridgehead atoms. The number of carbonyl (C=O) groups excluding carboxylic acids is 1. The third-order valence-electron chi connectivity index (χ3n) is 4.32. The van der Waals surface area contributed by atoms with Crippen LogP contribution in [0, 0.1) is 0 Å². The number of aliphatic carboxylic acids is 1. The molecule has 2 aliphatic rings. The molecular weight excluding hydrogens is 387 g/mol. The molecule has 2 fully saturated rings. The second-order valence-electron chi connectivity index (χ2n) is 6.20. The summed E-state index contributed by atoms with van der Waals surface area (Å²) in [5, 5.41) is 11.9. The second kappa shape index (κ2) is 9.49. The molecule has 1 aromatic heterocycles. The fourth-order valence-electron chi connectivity index (χ4n) is 3.05. The maximum absolute atomic E-state index is 11.6. The van der Waals surface area contributed by atoms with Gasteiger partial charge in [-0.15, -0.1) is 11.3 Å². The summed E-state index contributed by atoms with van der Waals surface area (Å²) in [4.78, 5) is 26.6. The monoisotopic (exact) mass is 409 g/mol. The van der Waals surface area contributed by atoms with E-state index in [9.17, 15) is 18.0 Å². The van der Waals surface area contributed by atoms with Crippen LogP contribution in [0.4, 0.5) is 13.2 Å². The molecule has 3 rings (SSSR count). The Hall–Kier alpha value is -1.69. The first-order valence-electron chi connectivity index (χ1n) is 8.31. The first-order valence-corrected chi connectivity index (χ1v) is 9.19. The van der Waals surface area contributed by atoms with Crippen molar-refractivity contribution < 1.29 is 32.6 Å². The van der Waals surface area contributed by atoms with Gasteiger partial charge in [-0.3, -0.25) is 14.6 Å². The highest BCUT2D eigenvalue weighted by Gasteiger charge is 2.40. The summed E-state index contributed by atoms with van der Waals surface area (Å²) in [5.41, 5.74) is 0. The smallest absolute Gasteiger partial charge is 0.475 e. The van der Waals surface area contributed by atoms with Crippen LogP contribution in [0.3, 0.4) is 0 Å². The highest BCUT2D eigenvalue weighted by atomic mass is 32.1. The van der Waals surface area contributed by atoms with Gasteiger partial charge in [-0.25, -0.2) is 4.79 Å². The SMILES string of the molecule is CNC(=O)CN1CCO[C@H]2CN(Cc3cccs3)C[C@H]21.O=C(O)C(F)(F)F. The third-order valence-corrected chi connectivity index (χ3v) is 5.18. The Balaban J connectivity index is 0.000000321. The minimum atomic E-state index is -5.08. The van der Waals surface area contributed by atoms with Gasteiger partial charge in [0.05, 0.1) is 25.3 Å². The van der Waals surface area contributed by atoms with Gasteiger partial charge in [0.1, 0.15) is 0 Å². The minimum absolute atomic E-state index is 0.0855. The molecular formula is C16H22F3N3O4S. The van der Waals surface area contributed by atoms with Gasteiger partial charge in [-0.05, 0) is 11.4 Å². The predicted molar refractivity (Wildman–Crippen MR) is 92.5 cm³/mol. The molecule has 2 N–H and O–H groups in total. The van der Waals surface area contributed by atoms with Gasteiger partial charge >= 0.3 is 12.1 Å². The molecule has 0 spiro atoms. The molecule has 0 aliphatic carbocycles. The quantitative estimate of drug-likeness (QED) is 0.773. The van der Waals surface area contributed by atoms with Gasteiger partial charge in [0.2, 0.25) is 5.91 Å². The van der Waals surface area contributed by atoms with E-state index in [0.29, 0.717) is 12.6 Å². The first kappa shape index (κ1) is 21.6. The number of nitrogens with zero attached hydrogens (tertiary/aromatic N) is 2. The van der Waals surface area contributed by atoms with Crippen LogP contribution in [0.15, 0.2) is 17.5 Å². The first-order chi connectivity index (χ1) is 12.7. The normalized spacial score (nSPS) is 23.3. The summed E-state index contributed by atoms with van der Waals surface area (Å²) in [6, 6.07) is 4.62. The molecule has 2 atom stereocenters. The largest absolute Gasteiger partial charge is 0.490 e. The molecule has 27 heavy (non-hydrogen) atoms. The molecule has 3 heterocycles. The lowest BCUT2D eigenvalue weighted by atomic mass is 10.1. The van der Waals surface area contributed by atoms with Crippen LogP contribution in [0.1, 0.15) is 4.88 Å². The average Bonchev–Trinajstić information content (AvgIpc) is 3.24. The Morgan fingerprint density at radius 2 is 2.11 bits per heavy atom. The topological polar surface area (TPSA) is 82.1 Å². The summed E-state index contributed by atoms with van der Waals surface area (Å²) < 4.78 is 37.6. The standard InChI is InChI=1S/C14H21N3O2S.C2HF3O2/c1-15-14(18)10-17-4-5-19-13-9-16(8-12(13)17)7-11-3-2-6-20-11;3-2(4,5)1(6)7/h2-3,6,12-13H,4-5,7-10H2,1H3,(H,15,18);(H,6,7)/t12-,13+;/m1./s1. The van der Waals surface area contributed by atoms with Crippen LogP contribution in [0.25, 0.3) is 0 Å². The van der Waals surface area contributed by atoms with Crippen molar-refractivity contribution in [2.45, 2.75) is 24.9 Å². The lowest BCUT2D eigenvalue weighted by Crippen LogP contribution is -2.53. The average molecular weight is 409 g/mol. The molecule has 2 aliphatic heterocycles. The van der Waals surface area contributed by atoms with Gasteiger partial charge in [0.25, 0.3) is 0 Å². The summed E-state index contributed by atoms with van der Waals surface area (Å²) >= 11 is 1.80. The van der Waals surface area contributed by atoms with E-state index in [-0.39, 0.29) is 12.0 Å². The number of halogens is 3. The number of hydrogen-bond donors (Lipinski definition) is 2. The van der Waals surface area contributed by atoms with Gasteiger partial charge < -0.3 is 15.2 Å². The summed E-state index contributed by atoms with van der Waals surface area (Å²) in [7, 11) is 1.69. The zero-order valence-electron chi connectivity index (χ0n) is 14.7. The number of hydrogen-bond acceptors (Lipinski definition) is 6. The number of likely N-dealkylation sites (tertiary alicyclic amines) is 1. The number of morpholine rings is 1. The molecule has 152 valence electrons. The van der Waals surface area contributed by atoms with E-state index in [4.69, 9.17) is 14.6 Å². The van der Waals surface area contributed by atoms with Gasteiger partial charge in [-0.2, -0.15) is 13.2 Å². The number of amides is 1. The molecule has 2 saturated heterocycles. The summed E-state index contributed by atoms with van der Waals surface area (Å²) in [6.45, 7) is 4.99. The molecule has 0 unspecified atom stereocenters. The van der Waals surface area contributed by atoms with Crippen molar-refractivity contribution in [2.75, 3.05) is 39.8 Å². The van der Waals surface area contributed by atoms with Gasteiger partial charge in [0.15, 0.2) is 0 Å². The van der Waals surface area contributed by atoms with E-state index < -0.39 is 12.1 Å². The van der Waals surface area contributed by atoms with E-state index >= 15 is 0 Å². The van der Waals surface area contributed by atoms with E-state index in [0.717, 1.165) is 32.8 Å². The number of rotatable bonds is 4. The molecule has 7 nitrogen and oxygen atoms in total. The Morgan fingerprint density at radius 1 is 1.41 bits per heavy atom. The maximum atomic E-state index is 11.6. The van der Waals surface area contributed by atoms with E-state index in [1.807, 2.05) is 0 Å². The van der Waals surface area contributed by atoms with Crippen molar-refractivity contribution in [3.8, 4) is 0 Å². The molecule has 0 saturated carbocycles. The number of carbonyl (C=O) groups is 2. The number of carboxylic acids is 1. The molecule has 1 aromatic rings. The number of nitrogens with one attached hydrogen (secondary N) is 1. The highest BCUT2D eigenvalue weighted by Crippen LogP contribution is 2.25. The van der Waals surface area contributed by atoms with E-state index in [2.05, 4.69) is 32.6 Å². The van der Waals surface area contributed by atoms with Crippen LogP contribution in [-0.4, -0.2) is 84.9 Å².